The van der Waals surface area contributed by atoms with Crippen molar-refractivity contribution in [3.63, 3.8) is 0 Å². The molecular weight excluding hydrogens is 212 g/mol. The number of para-hydroxylation sites is 1. The SMILES string of the molecule is O=S([O-])NCCc1cc2ccccc2[nH]1. The van der Waals surface area contributed by atoms with Gasteiger partial charge in [0.25, 0.3) is 0 Å². The molecule has 0 radical (unpaired) electrons. The van der Waals surface area contributed by atoms with Crippen LogP contribution in [0.4, 0.5) is 0 Å². The summed E-state index contributed by atoms with van der Waals surface area (Å²) >= 11 is -2.17. The Bertz CT molecular complexity index is 448. The molecule has 2 rings (SSSR count). The number of hydrogen-bond donors (Lipinski definition) is 2. The first kappa shape index (κ1) is 10.4. The topological polar surface area (TPSA) is 67.9 Å². The highest BCUT2D eigenvalue weighted by Gasteiger charge is 1.98. The lowest BCUT2D eigenvalue weighted by molar-refractivity contribution is 0.523. The molecule has 5 heteroatoms. The molecule has 2 N–H and O–H groups in total. The van der Waals surface area contributed by atoms with Crippen molar-refractivity contribution in [2.75, 3.05) is 6.54 Å². The van der Waals surface area contributed by atoms with Crippen LogP contribution in [-0.4, -0.2) is 20.3 Å². The van der Waals surface area contributed by atoms with E-state index < -0.39 is 11.3 Å². The van der Waals surface area contributed by atoms with Crippen molar-refractivity contribution in [3.8, 4) is 0 Å². The predicted octanol–water partition coefficient (Wildman–Crippen LogP) is 1.09. The quantitative estimate of drug-likeness (QED) is 0.762. The van der Waals surface area contributed by atoms with Crippen LogP contribution in [0.25, 0.3) is 10.9 Å². The molecule has 0 saturated heterocycles. The van der Waals surface area contributed by atoms with E-state index in [-0.39, 0.29) is 0 Å². The van der Waals surface area contributed by atoms with Gasteiger partial charge in [0.1, 0.15) is 0 Å². The molecule has 0 aliphatic carbocycles. The number of fused-ring (bicyclic) bond motifs is 1. The molecule has 1 heterocycles. The van der Waals surface area contributed by atoms with E-state index in [0.717, 1.165) is 16.6 Å². The standard InChI is InChI=1S/C10H12N2O2S/c13-15(14)11-6-5-9-7-8-3-1-2-4-10(8)12-9/h1-4,7,11-12H,5-6H2,(H,13,14)/p-1. The fourth-order valence-electron chi connectivity index (χ4n) is 1.54. The molecule has 1 unspecified atom stereocenters. The maximum Gasteiger partial charge on any atom is 0.0456 e. The zero-order valence-corrected chi connectivity index (χ0v) is 8.84. The highest BCUT2D eigenvalue weighted by molar-refractivity contribution is 7.77. The summed E-state index contributed by atoms with van der Waals surface area (Å²) in [6.07, 6.45) is 0.669. The van der Waals surface area contributed by atoms with Crippen molar-refractivity contribution in [1.82, 2.24) is 9.71 Å². The van der Waals surface area contributed by atoms with Crippen molar-refractivity contribution < 1.29 is 8.76 Å². The monoisotopic (exact) mass is 223 g/mol. The number of aromatic nitrogens is 1. The normalized spacial score (nSPS) is 13.1. The lowest BCUT2D eigenvalue weighted by Crippen LogP contribution is -2.19. The highest BCUT2D eigenvalue weighted by Crippen LogP contribution is 2.14. The smallest absolute Gasteiger partial charge is 0.0456 e. The summed E-state index contributed by atoms with van der Waals surface area (Å²) < 4.78 is 22.8. The van der Waals surface area contributed by atoms with Crippen LogP contribution in [0, 0.1) is 0 Å². The first-order valence-corrected chi connectivity index (χ1v) is 5.72. The minimum atomic E-state index is -2.17. The van der Waals surface area contributed by atoms with Crippen molar-refractivity contribution in [2.45, 2.75) is 6.42 Å². The van der Waals surface area contributed by atoms with Gasteiger partial charge in [-0.15, -0.1) is 0 Å². The Morgan fingerprint density at radius 3 is 2.93 bits per heavy atom. The Balaban J connectivity index is 2.05. The van der Waals surface area contributed by atoms with Crippen LogP contribution in [0.1, 0.15) is 5.69 Å². The number of nitrogens with one attached hydrogen (secondary N) is 2. The number of hydrogen-bond acceptors (Lipinski definition) is 2. The Morgan fingerprint density at radius 1 is 1.40 bits per heavy atom. The van der Waals surface area contributed by atoms with Gasteiger partial charge < -0.3 is 9.54 Å². The predicted molar refractivity (Wildman–Crippen MR) is 58.9 cm³/mol. The van der Waals surface area contributed by atoms with Gasteiger partial charge in [0.2, 0.25) is 0 Å². The molecule has 15 heavy (non-hydrogen) atoms. The Morgan fingerprint density at radius 2 is 2.20 bits per heavy atom. The number of benzene rings is 1. The van der Waals surface area contributed by atoms with Crippen LogP contribution < -0.4 is 4.72 Å². The molecule has 1 aromatic carbocycles. The van der Waals surface area contributed by atoms with Gasteiger partial charge in [0.15, 0.2) is 0 Å². The lowest BCUT2D eigenvalue weighted by Gasteiger charge is -2.05. The first-order chi connectivity index (χ1) is 7.25. The molecule has 0 bridgehead atoms. The third kappa shape index (κ3) is 2.65. The highest BCUT2D eigenvalue weighted by atomic mass is 32.2. The van der Waals surface area contributed by atoms with Crippen LogP contribution in [0.5, 0.6) is 0 Å². The van der Waals surface area contributed by atoms with Crippen molar-refractivity contribution in [2.24, 2.45) is 0 Å². The molecule has 1 aromatic heterocycles. The van der Waals surface area contributed by atoms with E-state index in [4.69, 9.17) is 0 Å². The fraction of sp³-hybridized carbons (Fsp3) is 0.200. The van der Waals surface area contributed by atoms with Gasteiger partial charge in [-0.05, 0) is 17.5 Å². The fourth-order valence-corrected chi connectivity index (χ4v) is 1.81. The number of H-pyrrole nitrogens is 1. The molecule has 0 amide bonds. The van der Waals surface area contributed by atoms with Gasteiger partial charge in [0.05, 0.1) is 0 Å². The molecule has 2 aromatic rings. The molecule has 1 atom stereocenters. The van der Waals surface area contributed by atoms with Crippen molar-refractivity contribution in [3.05, 3.63) is 36.0 Å². The summed E-state index contributed by atoms with van der Waals surface area (Å²) in [4.78, 5) is 3.23. The second kappa shape index (κ2) is 4.57. The second-order valence-corrected chi connectivity index (χ2v) is 4.02. The van der Waals surface area contributed by atoms with E-state index in [0.29, 0.717) is 13.0 Å². The average Bonchev–Trinajstić information content (AvgIpc) is 2.59. The van der Waals surface area contributed by atoms with E-state index in [1.54, 1.807) is 0 Å². The van der Waals surface area contributed by atoms with Gasteiger partial charge in [0, 0.05) is 35.4 Å². The molecule has 0 aliphatic heterocycles. The largest absolute Gasteiger partial charge is 0.760 e. The molecule has 0 saturated carbocycles. The van der Waals surface area contributed by atoms with Crippen LogP contribution in [0.2, 0.25) is 0 Å². The second-order valence-electron chi connectivity index (χ2n) is 3.26. The molecular formula is C10H11N2O2S-. The maximum atomic E-state index is 10.2. The lowest BCUT2D eigenvalue weighted by atomic mass is 10.2. The molecule has 0 fully saturated rings. The molecule has 0 spiro atoms. The van der Waals surface area contributed by atoms with E-state index in [9.17, 15) is 8.76 Å². The van der Waals surface area contributed by atoms with Crippen LogP contribution in [0.15, 0.2) is 30.3 Å². The molecule has 0 aliphatic rings. The third-order valence-electron chi connectivity index (χ3n) is 2.20. The summed E-state index contributed by atoms with van der Waals surface area (Å²) in [5.74, 6) is 0. The number of aromatic amines is 1. The van der Waals surface area contributed by atoms with Gasteiger partial charge in [-0.3, -0.25) is 4.21 Å². The Labute approximate surface area is 90.1 Å². The van der Waals surface area contributed by atoms with Gasteiger partial charge in [-0.1, -0.05) is 18.2 Å². The van der Waals surface area contributed by atoms with Gasteiger partial charge >= 0.3 is 0 Å². The van der Waals surface area contributed by atoms with Gasteiger partial charge in [-0.2, -0.15) is 0 Å². The molecule has 80 valence electrons. The molecule has 4 nitrogen and oxygen atoms in total. The third-order valence-corrected chi connectivity index (χ3v) is 2.64. The summed E-state index contributed by atoms with van der Waals surface area (Å²) in [6, 6.07) is 10.00. The van der Waals surface area contributed by atoms with Crippen LogP contribution in [-0.2, 0) is 17.7 Å². The zero-order chi connectivity index (χ0) is 10.7. The van der Waals surface area contributed by atoms with Crippen molar-refractivity contribution >= 4 is 22.2 Å². The van der Waals surface area contributed by atoms with Gasteiger partial charge in [-0.25, -0.2) is 4.72 Å². The van der Waals surface area contributed by atoms with Crippen LogP contribution >= 0.6 is 0 Å². The minimum Gasteiger partial charge on any atom is -0.760 e. The summed E-state index contributed by atoms with van der Waals surface area (Å²) in [6.45, 7) is 0.420. The number of rotatable bonds is 4. The van der Waals surface area contributed by atoms with E-state index in [2.05, 4.69) is 9.71 Å². The average molecular weight is 223 g/mol. The summed E-state index contributed by atoms with van der Waals surface area (Å²) in [5.41, 5.74) is 2.12. The Kier molecular flexibility index (Phi) is 3.15. The minimum absolute atomic E-state index is 0.420. The first-order valence-electron chi connectivity index (χ1n) is 4.65. The van der Waals surface area contributed by atoms with Crippen LogP contribution in [0.3, 0.4) is 0 Å². The van der Waals surface area contributed by atoms with E-state index in [1.165, 1.54) is 0 Å². The van der Waals surface area contributed by atoms with E-state index in [1.807, 2.05) is 30.3 Å². The maximum absolute atomic E-state index is 10.2. The zero-order valence-electron chi connectivity index (χ0n) is 8.03. The summed E-state index contributed by atoms with van der Waals surface area (Å²) in [7, 11) is 0. The summed E-state index contributed by atoms with van der Waals surface area (Å²) in [5, 5.41) is 1.15. The Hall–Kier alpha value is -1.17. The van der Waals surface area contributed by atoms with E-state index >= 15 is 0 Å². The van der Waals surface area contributed by atoms with Crippen molar-refractivity contribution in [1.29, 1.82) is 0 Å².